The average Bonchev–Trinajstić information content (AvgIpc) is 2.78. The highest BCUT2D eigenvalue weighted by Gasteiger charge is 2.49. The van der Waals surface area contributed by atoms with Crippen molar-refractivity contribution in [1.82, 2.24) is 0 Å². The van der Waals surface area contributed by atoms with Crippen molar-refractivity contribution < 1.29 is 18.3 Å². The van der Waals surface area contributed by atoms with Crippen molar-refractivity contribution in [2.24, 2.45) is 0 Å². The van der Waals surface area contributed by atoms with Crippen molar-refractivity contribution in [1.29, 1.82) is 0 Å². The molecule has 0 fully saturated rings. The molecule has 1 unspecified atom stereocenters. The average molecular weight is 357 g/mol. The van der Waals surface area contributed by atoms with Gasteiger partial charge in [-0.15, -0.1) is 0 Å². The van der Waals surface area contributed by atoms with E-state index in [0.717, 1.165) is 25.8 Å². The second-order valence-electron chi connectivity index (χ2n) is 8.91. The van der Waals surface area contributed by atoms with Gasteiger partial charge >= 0.3 is 5.92 Å². The first-order chi connectivity index (χ1) is 10.7. The first kappa shape index (κ1) is 19.5. The minimum Gasteiger partial charge on any atom is -0.410 e. The van der Waals surface area contributed by atoms with Crippen LogP contribution in [0.15, 0.2) is 18.2 Å². The van der Waals surface area contributed by atoms with Crippen molar-refractivity contribution in [2.45, 2.75) is 83.2 Å². The minimum absolute atomic E-state index is 0.0613. The number of alkyl halides is 2. The van der Waals surface area contributed by atoms with E-state index in [9.17, 15) is 13.9 Å². The van der Waals surface area contributed by atoms with Gasteiger partial charge in [-0.2, -0.15) is 8.78 Å². The monoisotopic (exact) mass is 356 g/mol. The molecular weight excluding hydrogens is 326 g/mol. The Kier molecular flexibility index (Phi) is 4.79. The lowest BCUT2D eigenvalue weighted by molar-refractivity contribution is -0.169. The van der Waals surface area contributed by atoms with Crippen LogP contribution in [0.4, 0.5) is 8.78 Å². The Labute approximate surface area is 145 Å². The molecule has 1 aromatic rings. The molecule has 1 aliphatic carbocycles. The van der Waals surface area contributed by atoms with Gasteiger partial charge in [0.25, 0.3) is 0 Å². The number of aliphatic hydroxyl groups is 1. The van der Waals surface area contributed by atoms with Crippen LogP contribution in [0, 0.1) is 0 Å². The molecule has 1 aliphatic rings. The van der Waals surface area contributed by atoms with Crippen LogP contribution in [0.1, 0.15) is 63.8 Å². The normalized spacial score (nSPS) is 19.5. The second kappa shape index (κ2) is 5.89. The van der Waals surface area contributed by atoms with E-state index in [1.165, 1.54) is 6.07 Å². The lowest BCUT2D eigenvalue weighted by Gasteiger charge is -2.38. The van der Waals surface area contributed by atoms with Gasteiger partial charge in [0.2, 0.25) is 0 Å². The number of rotatable bonds is 4. The van der Waals surface area contributed by atoms with Gasteiger partial charge in [-0.05, 0) is 55.9 Å². The molecule has 0 amide bonds. The zero-order valence-electron chi connectivity index (χ0n) is 15.8. The fourth-order valence-electron chi connectivity index (χ4n) is 2.89. The molecule has 2 rings (SSSR count). The Balaban J connectivity index is 2.40. The summed E-state index contributed by atoms with van der Waals surface area (Å²) >= 11 is 0. The number of hydrogen-bond acceptors (Lipinski definition) is 2. The molecule has 24 heavy (non-hydrogen) atoms. The quantitative estimate of drug-likeness (QED) is 0.716. The maximum atomic E-state index is 14.7. The molecule has 5 heteroatoms. The van der Waals surface area contributed by atoms with E-state index in [0.29, 0.717) is 12.0 Å². The fourth-order valence-corrected chi connectivity index (χ4v) is 4.20. The second-order valence-corrected chi connectivity index (χ2v) is 13.7. The highest BCUT2D eigenvalue weighted by molar-refractivity contribution is 6.74. The number of hydrogen-bond donors (Lipinski definition) is 1. The maximum absolute atomic E-state index is 14.7. The van der Waals surface area contributed by atoms with Crippen molar-refractivity contribution in [3.8, 4) is 0 Å². The van der Waals surface area contributed by atoms with Gasteiger partial charge in [-0.3, -0.25) is 0 Å². The summed E-state index contributed by atoms with van der Waals surface area (Å²) in [7, 11) is -1.98. The van der Waals surface area contributed by atoms with Crippen LogP contribution < -0.4 is 0 Å². The van der Waals surface area contributed by atoms with Gasteiger partial charge in [-0.25, -0.2) is 0 Å². The van der Waals surface area contributed by atoms with Gasteiger partial charge in [0, 0.05) is 5.56 Å². The molecule has 1 aromatic carbocycles. The van der Waals surface area contributed by atoms with Crippen LogP contribution in [0.2, 0.25) is 18.1 Å². The van der Waals surface area contributed by atoms with Crippen LogP contribution in [0.5, 0.6) is 0 Å². The van der Waals surface area contributed by atoms with Crippen molar-refractivity contribution >= 4 is 8.32 Å². The third-order valence-electron chi connectivity index (χ3n) is 5.57. The minimum atomic E-state index is -3.29. The zero-order chi connectivity index (χ0) is 18.6. The third kappa shape index (κ3) is 3.31. The lowest BCUT2D eigenvalue weighted by atomic mass is 9.89. The summed E-state index contributed by atoms with van der Waals surface area (Å²) in [4.78, 5) is 0. The molecule has 2 nitrogen and oxygen atoms in total. The molecule has 0 bridgehead atoms. The van der Waals surface area contributed by atoms with E-state index in [1.54, 1.807) is 6.07 Å². The molecule has 0 saturated carbocycles. The summed E-state index contributed by atoms with van der Waals surface area (Å²) in [5.41, 5.74) is -0.649. The summed E-state index contributed by atoms with van der Waals surface area (Å²) in [5, 5.41) is 9.99. The summed E-state index contributed by atoms with van der Waals surface area (Å²) in [6.45, 7) is 13.2. The molecule has 0 aromatic heterocycles. The fraction of sp³-hybridized carbons (Fsp3) is 0.684. The highest BCUT2D eigenvalue weighted by Crippen LogP contribution is 2.48. The van der Waals surface area contributed by atoms with Gasteiger partial charge in [-0.1, -0.05) is 39.0 Å². The molecule has 0 spiro atoms. The number of benzene rings is 1. The lowest BCUT2D eigenvalue weighted by Crippen LogP contribution is -2.41. The third-order valence-corrected chi connectivity index (χ3v) is 10.1. The van der Waals surface area contributed by atoms with Crippen molar-refractivity contribution in [3.63, 3.8) is 0 Å². The molecule has 0 aliphatic heterocycles. The van der Waals surface area contributed by atoms with Crippen LogP contribution in [-0.4, -0.2) is 19.0 Å². The van der Waals surface area contributed by atoms with E-state index >= 15 is 0 Å². The largest absolute Gasteiger partial charge is 0.410 e. The summed E-state index contributed by atoms with van der Waals surface area (Å²) in [6, 6.07) is 4.98. The molecule has 0 radical (unpaired) electrons. The van der Waals surface area contributed by atoms with Gasteiger partial charge in [0.15, 0.2) is 8.32 Å². The first-order valence-electron chi connectivity index (χ1n) is 8.59. The van der Waals surface area contributed by atoms with E-state index in [2.05, 4.69) is 33.9 Å². The van der Waals surface area contributed by atoms with Crippen molar-refractivity contribution in [2.75, 3.05) is 0 Å². The molecule has 1 N–H and O–H groups in total. The molecule has 136 valence electrons. The predicted octanol–water partition coefficient (Wildman–Crippen LogP) is 5.56. The smallest absolute Gasteiger partial charge is 0.300 e. The molecule has 0 saturated heterocycles. The van der Waals surface area contributed by atoms with E-state index in [1.807, 2.05) is 6.07 Å². The highest BCUT2D eigenvalue weighted by atomic mass is 28.4. The Morgan fingerprint density at radius 2 is 1.71 bits per heavy atom. The van der Waals surface area contributed by atoms with Crippen LogP contribution in [0.3, 0.4) is 0 Å². The summed E-state index contributed by atoms with van der Waals surface area (Å²) in [5.74, 6) is -3.29. The standard InChI is InChI=1S/C19H30F2O2Si/c1-17(2,3)24(6,7)23-16-12-11-13-14(16)9-8-10-15(13)19(20,21)18(4,5)22/h8-10,16,22H,11-12H2,1-7H3. The van der Waals surface area contributed by atoms with E-state index in [-0.39, 0.29) is 16.7 Å². The molecule has 1 atom stereocenters. The Morgan fingerprint density at radius 3 is 2.21 bits per heavy atom. The van der Waals surface area contributed by atoms with Crippen LogP contribution in [-0.2, 0) is 16.8 Å². The van der Waals surface area contributed by atoms with Crippen LogP contribution >= 0.6 is 0 Å². The van der Waals surface area contributed by atoms with Crippen molar-refractivity contribution in [3.05, 3.63) is 34.9 Å². The Bertz CT molecular complexity index is 613. The number of halogens is 2. The summed E-state index contributed by atoms with van der Waals surface area (Å²) in [6.07, 6.45) is 1.16. The Hall–Kier alpha value is -0.783. The summed E-state index contributed by atoms with van der Waals surface area (Å²) < 4.78 is 35.9. The molecule has 0 heterocycles. The van der Waals surface area contributed by atoms with Crippen LogP contribution in [0.25, 0.3) is 0 Å². The van der Waals surface area contributed by atoms with Gasteiger partial charge in [0.1, 0.15) is 5.60 Å². The zero-order valence-corrected chi connectivity index (χ0v) is 16.8. The van der Waals surface area contributed by atoms with Gasteiger partial charge in [0.05, 0.1) is 6.10 Å². The number of fused-ring (bicyclic) bond motifs is 1. The Morgan fingerprint density at radius 1 is 1.12 bits per heavy atom. The van der Waals surface area contributed by atoms with E-state index < -0.39 is 19.8 Å². The van der Waals surface area contributed by atoms with Gasteiger partial charge < -0.3 is 9.53 Å². The molecular formula is C19H30F2O2Si. The SMILES string of the molecule is CC(C)(O)C(F)(F)c1cccc2c1CCC2O[Si](C)(C)C(C)(C)C. The maximum Gasteiger partial charge on any atom is 0.300 e. The first-order valence-corrected chi connectivity index (χ1v) is 11.5. The van der Waals surface area contributed by atoms with E-state index in [4.69, 9.17) is 4.43 Å². The predicted molar refractivity (Wildman–Crippen MR) is 96.0 cm³/mol. The topological polar surface area (TPSA) is 29.5 Å².